The number of carbonyl (C=O) groups excluding carboxylic acids is 1. The van der Waals surface area contributed by atoms with E-state index in [-0.39, 0.29) is 16.8 Å². The van der Waals surface area contributed by atoms with Crippen molar-refractivity contribution in [2.75, 3.05) is 5.32 Å². The van der Waals surface area contributed by atoms with E-state index in [2.05, 4.69) is 10.0 Å². The number of fused-ring (bicyclic) bond motifs is 2. The highest BCUT2D eigenvalue weighted by Gasteiger charge is 2.42. The van der Waals surface area contributed by atoms with Gasteiger partial charge in [0.2, 0.25) is 15.9 Å². The van der Waals surface area contributed by atoms with Gasteiger partial charge < -0.3 is 5.32 Å². The van der Waals surface area contributed by atoms with Crippen molar-refractivity contribution in [1.82, 2.24) is 4.72 Å². The minimum atomic E-state index is -3.58. The summed E-state index contributed by atoms with van der Waals surface area (Å²) in [6, 6.07) is 15.8. The minimum absolute atomic E-state index is 0.0622. The van der Waals surface area contributed by atoms with Gasteiger partial charge in [0, 0.05) is 17.8 Å². The summed E-state index contributed by atoms with van der Waals surface area (Å²) in [5.41, 5.74) is 1.49. The molecule has 2 aliphatic rings. The molecule has 0 heterocycles. The van der Waals surface area contributed by atoms with Crippen molar-refractivity contribution in [1.29, 1.82) is 0 Å². The van der Waals surface area contributed by atoms with Crippen LogP contribution in [0.15, 0.2) is 65.6 Å². The number of hydrogen-bond acceptors (Lipinski definition) is 3. The van der Waals surface area contributed by atoms with Crippen molar-refractivity contribution in [2.24, 2.45) is 17.8 Å². The molecule has 5 nitrogen and oxygen atoms in total. The van der Waals surface area contributed by atoms with Crippen LogP contribution in [0.5, 0.6) is 0 Å². The second-order valence-electron chi connectivity index (χ2n) is 8.51. The lowest BCUT2D eigenvalue weighted by atomic mass is 9.84. The zero-order valence-corrected chi connectivity index (χ0v) is 17.9. The van der Waals surface area contributed by atoms with Crippen molar-refractivity contribution in [3.63, 3.8) is 0 Å². The molecular weight excluding hydrogens is 396 g/mol. The van der Waals surface area contributed by atoms with Gasteiger partial charge in [0.15, 0.2) is 0 Å². The van der Waals surface area contributed by atoms with E-state index in [9.17, 15) is 13.2 Å². The summed E-state index contributed by atoms with van der Waals surface area (Å²) in [7, 11) is -3.58. The summed E-state index contributed by atoms with van der Waals surface area (Å²) in [4.78, 5) is 12.3. The Morgan fingerprint density at radius 3 is 2.40 bits per heavy atom. The van der Waals surface area contributed by atoms with E-state index < -0.39 is 10.0 Å². The SMILES string of the molecule is C[C@H](NS(=O)(=O)c1ccc(NC(=O)/C=C/c2ccccc2)cc1)[C@H]1C[C@@H]2CC[C@@H]1C2. The van der Waals surface area contributed by atoms with Crippen LogP contribution in [0.2, 0.25) is 0 Å². The Hall–Kier alpha value is -2.44. The van der Waals surface area contributed by atoms with E-state index in [0.717, 1.165) is 17.9 Å². The summed E-state index contributed by atoms with van der Waals surface area (Å²) in [5, 5.41) is 2.75. The molecule has 2 saturated carbocycles. The number of carbonyl (C=O) groups is 1. The number of nitrogens with one attached hydrogen (secondary N) is 2. The molecular formula is C24H28N2O3S. The Morgan fingerprint density at radius 2 is 1.77 bits per heavy atom. The molecule has 2 aromatic carbocycles. The van der Waals surface area contributed by atoms with E-state index in [0.29, 0.717) is 17.5 Å². The maximum absolute atomic E-state index is 12.8. The maximum Gasteiger partial charge on any atom is 0.248 e. The molecule has 6 heteroatoms. The molecule has 0 spiro atoms. The highest BCUT2D eigenvalue weighted by molar-refractivity contribution is 7.89. The number of amides is 1. The smallest absolute Gasteiger partial charge is 0.248 e. The highest BCUT2D eigenvalue weighted by atomic mass is 32.2. The summed E-state index contributed by atoms with van der Waals surface area (Å²) in [5.74, 6) is 1.62. The lowest BCUT2D eigenvalue weighted by Crippen LogP contribution is -2.40. The average molecular weight is 425 g/mol. The largest absolute Gasteiger partial charge is 0.323 e. The van der Waals surface area contributed by atoms with Gasteiger partial charge in [-0.3, -0.25) is 4.79 Å². The quantitative estimate of drug-likeness (QED) is 0.645. The molecule has 4 rings (SSSR count). The van der Waals surface area contributed by atoms with Crippen molar-refractivity contribution < 1.29 is 13.2 Å². The number of benzene rings is 2. The highest BCUT2D eigenvalue weighted by Crippen LogP contribution is 2.49. The molecule has 30 heavy (non-hydrogen) atoms. The van der Waals surface area contributed by atoms with Crippen molar-refractivity contribution in [3.05, 3.63) is 66.2 Å². The molecule has 4 atom stereocenters. The topological polar surface area (TPSA) is 75.3 Å². The van der Waals surface area contributed by atoms with Gasteiger partial charge in [0.1, 0.15) is 0 Å². The Labute approximate surface area is 178 Å². The first kappa shape index (κ1) is 20.8. The van der Waals surface area contributed by atoms with Crippen LogP contribution < -0.4 is 10.0 Å². The lowest BCUT2D eigenvalue weighted by molar-refractivity contribution is -0.111. The fourth-order valence-electron chi connectivity index (χ4n) is 4.94. The molecule has 2 fully saturated rings. The van der Waals surface area contributed by atoms with Gasteiger partial charge in [-0.1, -0.05) is 36.8 Å². The van der Waals surface area contributed by atoms with E-state index in [1.165, 1.54) is 37.5 Å². The molecule has 2 aromatic rings. The predicted molar refractivity (Wildman–Crippen MR) is 119 cm³/mol. The molecule has 0 unspecified atom stereocenters. The van der Waals surface area contributed by atoms with E-state index >= 15 is 0 Å². The lowest BCUT2D eigenvalue weighted by Gasteiger charge is -2.28. The van der Waals surface area contributed by atoms with Crippen molar-refractivity contribution in [2.45, 2.75) is 43.5 Å². The summed E-state index contributed by atoms with van der Waals surface area (Å²) in [6.45, 7) is 1.98. The zero-order chi connectivity index (χ0) is 21.1. The Morgan fingerprint density at radius 1 is 1.03 bits per heavy atom. The molecule has 2 aliphatic carbocycles. The number of hydrogen-bond donors (Lipinski definition) is 2. The zero-order valence-electron chi connectivity index (χ0n) is 17.1. The molecule has 1 amide bonds. The van der Waals surface area contributed by atoms with Gasteiger partial charge in [0.25, 0.3) is 0 Å². The van der Waals surface area contributed by atoms with Crippen LogP contribution in [0.3, 0.4) is 0 Å². The van der Waals surface area contributed by atoms with Crippen molar-refractivity contribution >= 4 is 27.7 Å². The summed E-state index contributed by atoms with van der Waals surface area (Å²) < 4.78 is 28.4. The molecule has 0 aromatic heterocycles. The first-order chi connectivity index (χ1) is 14.4. The monoisotopic (exact) mass is 424 g/mol. The number of anilines is 1. The van der Waals surface area contributed by atoms with E-state index in [4.69, 9.17) is 0 Å². The van der Waals surface area contributed by atoms with Crippen LogP contribution in [0, 0.1) is 17.8 Å². The average Bonchev–Trinajstić information content (AvgIpc) is 3.37. The Kier molecular flexibility index (Phi) is 6.06. The van der Waals surface area contributed by atoms with Crippen LogP contribution in [0.1, 0.15) is 38.2 Å². The Bertz CT molecular complexity index is 1020. The van der Waals surface area contributed by atoms with Crippen molar-refractivity contribution in [3.8, 4) is 0 Å². The van der Waals surface area contributed by atoms with Crippen LogP contribution in [-0.2, 0) is 14.8 Å². The van der Waals surface area contributed by atoms with Gasteiger partial charge in [0.05, 0.1) is 4.90 Å². The van der Waals surface area contributed by atoms with Gasteiger partial charge in [-0.25, -0.2) is 13.1 Å². The first-order valence-corrected chi connectivity index (χ1v) is 12.1. The molecule has 0 aliphatic heterocycles. The normalized spacial score (nSPS) is 24.2. The van der Waals surface area contributed by atoms with Crippen LogP contribution >= 0.6 is 0 Å². The first-order valence-electron chi connectivity index (χ1n) is 10.6. The number of sulfonamides is 1. The standard InChI is InChI=1S/C24H28N2O3S/c1-17(23-16-19-7-9-20(23)15-19)26-30(28,29)22-12-10-21(11-13-22)25-24(27)14-8-18-5-3-2-4-6-18/h2-6,8,10-14,17,19-20,23,26H,7,9,15-16H2,1H3,(H,25,27)/b14-8+/t17-,19+,20+,23+/m0/s1. The third-order valence-electron chi connectivity index (χ3n) is 6.43. The fraction of sp³-hybridized carbons (Fsp3) is 0.375. The summed E-state index contributed by atoms with van der Waals surface area (Å²) in [6.07, 6.45) is 8.11. The predicted octanol–water partition coefficient (Wildman–Crippen LogP) is 4.44. The van der Waals surface area contributed by atoms with Gasteiger partial charge in [-0.05, 0) is 79.8 Å². The van der Waals surface area contributed by atoms with E-state index in [1.807, 2.05) is 37.3 Å². The van der Waals surface area contributed by atoms with Crippen LogP contribution in [0.4, 0.5) is 5.69 Å². The van der Waals surface area contributed by atoms with Gasteiger partial charge >= 0.3 is 0 Å². The third-order valence-corrected chi connectivity index (χ3v) is 8.01. The molecule has 0 saturated heterocycles. The molecule has 2 N–H and O–H groups in total. The van der Waals surface area contributed by atoms with Crippen LogP contribution in [-0.4, -0.2) is 20.4 Å². The maximum atomic E-state index is 12.8. The Balaban J connectivity index is 1.35. The second kappa shape index (κ2) is 8.74. The fourth-order valence-corrected chi connectivity index (χ4v) is 6.24. The molecule has 158 valence electrons. The minimum Gasteiger partial charge on any atom is -0.323 e. The second-order valence-corrected chi connectivity index (χ2v) is 10.2. The molecule has 0 radical (unpaired) electrons. The van der Waals surface area contributed by atoms with Gasteiger partial charge in [-0.2, -0.15) is 0 Å². The third kappa shape index (κ3) is 4.82. The van der Waals surface area contributed by atoms with Gasteiger partial charge in [-0.15, -0.1) is 0 Å². The molecule has 2 bridgehead atoms. The number of rotatable bonds is 7. The summed E-state index contributed by atoms with van der Waals surface area (Å²) >= 11 is 0. The van der Waals surface area contributed by atoms with Crippen LogP contribution in [0.25, 0.3) is 6.08 Å². The van der Waals surface area contributed by atoms with E-state index in [1.54, 1.807) is 18.2 Å².